The Bertz CT molecular complexity index is 836. The Kier molecular flexibility index (Phi) is 5.37. The first-order chi connectivity index (χ1) is 11.6. The molecule has 0 atom stereocenters. The highest BCUT2D eigenvalue weighted by atomic mass is 32.2. The van der Waals surface area contributed by atoms with Crippen LogP contribution < -0.4 is 10.2 Å². The van der Waals surface area contributed by atoms with Crippen LogP contribution in [0.3, 0.4) is 0 Å². The molecular formula is C18H22N2O4S. The van der Waals surface area contributed by atoms with Crippen molar-refractivity contribution in [3.63, 3.8) is 0 Å². The summed E-state index contributed by atoms with van der Waals surface area (Å²) < 4.78 is 27.2. The number of sulfonamides is 1. The van der Waals surface area contributed by atoms with Crippen molar-refractivity contribution in [2.45, 2.75) is 32.6 Å². The lowest BCUT2D eigenvalue weighted by atomic mass is 9.98. The van der Waals surface area contributed by atoms with Crippen LogP contribution in [0.4, 0.5) is 11.4 Å². The van der Waals surface area contributed by atoms with Gasteiger partial charge in [-0.3, -0.25) is 4.72 Å². The van der Waals surface area contributed by atoms with E-state index in [2.05, 4.69) is 10.2 Å². The van der Waals surface area contributed by atoms with Crippen molar-refractivity contribution >= 4 is 27.4 Å². The van der Waals surface area contributed by atoms with Crippen LogP contribution in [-0.4, -0.2) is 14.4 Å². The van der Waals surface area contributed by atoms with Gasteiger partial charge in [0.1, 0.15) is 0 Å². The fourth-order valence-corrected chi connectivity index (χ4v) is 2.85. The quantitative estimate of drug-likeness (QED) is 0.792. The third kappa shape index (κ3) is 5.22. The zero-order valence-electron chi connectivity index (χ0n) is 14.7. The Hall–Kier alpha value is -2.54. The number of carbonyl (C=O) groups excluding carboxylic acids is 1. The highest BCUT2D eigenvalue weighted by Gasteiger charge is 2.23. The van der Waals surface area contributed by atoms with Gasteiger partial charge >= 0.3 is 5.97 Å². The number of anilines is 2. The SMILES string of the molecule is Cc1ccc(S(=O)(=O)Nc2ccc(NOC(=O)C(C)(C)C)cc2)cc1. The Morgan fingerprint density at radius 3 is 1.96 bits per heavy atom. The zero-order chi connectivity index (χ0) is 18.7. The van der Waals surface area contributed by atoms with E-state index in [1.165, 1.54) is 0 Å². The molecule has 0 aromatic heterocycles. The summed E-state index contributed by atoms with van der Waals surface area (Å²) in [5.41, 5.74) is 3.87. The molecule has 7 heteroatoms. The van der Waals surface area contributed by atoms with Crippen molar-refractivity contribution in [1.82, 2.24) is 0 Å². The van der Waals surface area contributed by atoms with E-state index in [0.717, 1.165) is 5.56 Å². The Morgan fingerprint density at radius 2 is 1.44 bits per heavy atom. The molecule has 0 saturated heterocycles. The predicted octanol–water partition coefficient (Wildman–Crippen LogP) is 3.71. The van der Waals surface area contributed by atoms with Crippen LogP contribution in [0.1, 0.15) is 26.3 Å². The van der Waals surface area contributed by atoms with E-state index in [0.29, 0.717) is 11.4 Å². The summed E-state index contributed by atoms with van der Waals surface area (Å²) >= 11 is 0. The summed E-state index contributed by atoms with van der Waals surface area (Å²) in [6, 6.07) is 13.0. The van der Waals surface area contributed by atoms with Crippen LogP contribution in [0, 0.1) is 12.3 Å². The molecule has 2 aromatic rings. The first-order valence-corrected chi connectivity index (χ1v) is 9.23. The Balaban J connectivity index is 2.02. The molecule has 2 rings (SSSR count). The van der Waals surface area contributed by atoms with Crippen molar-refractivity contribution in [2.24, 2.45) is 5.41 Å². The fourth-order valence-electron chi connectivity index (χ4n) is 1.80. The maximum absolute atomic E-state index is 12.3. The lowest BCUT2D eigenvalue weighted by molar-refractivity contribution is -0.149. The molecule has 0 amide bonds. The van der Waals surface area contributed by atoms with E-state index in [9.17, 15) is 13.2 Å². The van der Waals surface area contributed by atoms with Crippen molar-refractivity contribution in [2.75, 3.05) is 10.2 Å². The normalized spacial score (nSPS) is 11.7. The minimum atomic E-state index is -3.64. The molecule has 0 spiro atoms. The van der Waals surface area contributed by atoms with Crippen LogP contribution in [0.15, 0.2) is 53.4 Å². The molecule has 0 aliphatic heterocycles. The van der Waals surface area contributed by atoms with Gasteiger partial charge in [-0.15, -0.1) is 0 Å². The van der Waals surface area contributed by atoms with Crippen LogP contribution in [0.25, 0.3) is 0 Å². The molecule has 2 N–H and O–H groups in total. The number of rotatable bonds is 5. The largest absolute Gasteiger partial charge is 0.343 e. The van der Waals surface area contributed by atoms with Crippen molar-refractivity contribution < 1.29 is 18.0 Å². The lowest BCUT2D eigenvalue weighted by Crippen LogP contribution is -2.25. The first kappa shape index (κ1) is 18.8. The van der Waals surface area contributed by atoms with Gasteiger partial charge in [0, 0.05) is 5.69 Å². The molecule has 0 bridgehead atoms. The Labute approximate surface area is 148 Å². The van der Waals surface area contributed by atoms with Gasteiger partial charge in [0.2, 0.25) is 0 Å². The van der Waals surface area contributed by atoms with E-state index in [4.69, 9.17) is 4.84 Å². The van der Waals surface area contributed by atoms with Crippen molar-refractivity contribution in [3.05, 3.63) is 54.1 Å². The topological polar surface area (TPSA) is 84.5 Å². The molecule has 134 valence electrons. The van der Waals surface area contributed by atoms with E-state index in [-0.39, 0.29) is 4.90 Å². The molecular weight excluding hydrogens is 340 g/mol. The minimum Gasteiger partial charge on any atom is -0.343 e. The molecule has 0 heterocycles. The Morgan fingerprint density at radius 1 is 0.920 bits per heavy atom. The standard InChI is InChI=1S/C18H22N2O4S/c1-13-5-11-16(12-6-13)25(22,23)20-15-9-7-14(8-10-15)19-24-17(21)18(2,3)4/h5-12,19-20H,1-4H3. The highest BCUT2D eigenvalue weighted by Crippen LogP contribution is 2.20. The van der Waals surface area contributed by atoms with Crippen LogP contribution >= 0.6 is 0 Å². The summed E-state index contributed by atoms with van der Waals surface area (Å²) in [4.78, 5) is 16.9. The molecule has 2 aromatic carbocycles. The second kappa shape index (κ2) is 7.14. The van der Waals surface area contributed by atoms with Gasteiger partial charge in [-0.05, 0) is 64.1 Å². The van der Waals surface area contributed by atoms with E-state index >= 15 is 0 Å². The summed E-state index contributed by atoms with van der Waals surface area (Å²) in [7, 11) is -3.64. The third-order valence-electron chi connectivity index (χ3n) is 3.34. The second-order valence-electron chi connectivity index (χ2n) is 6.74. The van der Waals surface area contributed by atoms with Gasteiger partial charge in [-0.25, -0.2) is 18.7 Å². The molecule has 0 saturated carbocycles. The summed E-state index contributed by atoms with van der Waals surface area (Å²) in [6.45, 7) is 7.14. The molecule has 25 heavy (non-hydrogen) atoms. The molecule has 0 aliphatic carbocycles. The second-order valence-corrected chi connectivity index (χ2v) is 8.42. The summed E-state index contributed by atoms with van der Waals surface area (Å²) in [5, 5.41) is 0. The van der Waals surface area contributed by atoms with Gasteiger partial charge in [-0.2, -0.15) is 0 Å². The van der Waals surface area contributed by atoms with Gasteiger partial charge in [0.25, 0.3) is 10.0 Å². The van der Waals surface area contributed by atoms with E-state index in [1.807, 2.05) is 6.92 Å². The summed E-state index contributed by atoms with van der Waals surface area (Å²) in [5.74, 6) is -0.392. The van der Waals surface area contributed by atoms with Crippen LogP contribution in [0.2, 0.25) is 0 Å². The monoisotopic (exact) mass is 362 g/mol. The third-order valence-corrected chi connectivity index (χ3v) is 4.74. The molecule has 0 unspecified atom stereocenters. The lowest BCUT2D eigenvalue weighted by Gasteiger charge is -2.16. The molecule has 0 aliphatic rings. The molecule has 0 fully saturated rings. The van der Waals surface area contributed by atoms with Crippen LogP contribution in [-0.2, 0) is 19.7 Å². The fraction of sp³-hybridized carbons (Fsp3) is 0.278. The number of hydrogen-bond acceptors (Lipinski definition) is 5. The number of carbonyl (C=O) groups is 1. The molecule has 6 nitrogen and oxygen atoms in total. The van der Waals surface area contributed by atoms with Gasteiger partial charge in [0.05, 0.1) is 16.0 Å². The van der Waals surface area contributed by atoms with Gasteiger partial charge < -0.3 is 4.84 Å². The maximum atomic E-state index is 12.3. The van der Waals surface area contributed by atoms with Crippen LogP contribution in [0.5, 0.6) is 0 Å². The molecule has 0 radical (unpaired) electrons. The van der Waals surface area contributed by atoms with E-state index in [1.54, 1.807) is 69.3 Å². The number of benzene rings is 2. The van der Waals surface area contributed by atoms with Crippen molar-refractivity contribution in [3.8, 4) is 0 Å². The van der Waals surface area contributed by atoms with Gasteiger partial charge in [-0.1, -0.05) is 17.7 Å². The average molecular weight is 362 g/mol. The van der Waals surface area contributed by atoms with Gasteiger partial charge in [0.15, 0.2) is 0 Å². The minimum absolute atomic E-state index is 0.194. The smallest absolute Gasteiger partial charge is 0.337 e. The number of nitrogens with one attached hydrogen (secondary N) is 2. The highest BCUT2D eigenvalue weighted by molar-refractivity contribution is 7.92. The van der Waals surface area contributed by atoms with Crippen molar-refractivity contribution in [1.29, 1.82) is 0 Å². The zero-order valence-corrected chi connectivity index (χ0v) is 15.5. The first-order valence-electron chi connectivity index (χ1n) is 7.75. The summed E-state index contributed by atoms with van der Waals surface area (Å²) in [6.07, 6.45) is 0. The average Bonchev–Trinajstić information content (AvgIpc) is 2.53. The predicted molar refractivity (Wildman–Crippen MR) is 97.6 cm³/mol. The number of aryl methyl sites for hydroxylation is 1. The van der Waals surface area contributed by atoms with E-state index < -0.39 is 21.4 Å². The maximum Gasteiger partial charge on any atom is 0.337 e. The number of hydrogen-bond donors (Lipinski definition) is 2.